The fourth-order valence-electron chi connectivity index (χ4n) is 4.11. The van der Waals surface area contributed by atoms with Gasteiger partial charge < -0.3 is 15.4 Å². The predicted octanol–water partition coefficient (Wildman–Crippen LogP) is 2.02. The summed E-state index contributed by atoms with van der Waals surface area (Å²) in [5.41, 5.74) is 2.04. The molecule has 1 atom stereocenters. The van der Waals surface area contributed by atoms with E-state index in [1.165, 1.54) is 4.31 Å². The van der Waals surface area contributed by atoms with Gasteiger partial charge in [-0.1, -0.05) is 32.9 Å². The first-order valence-electron chi connectivity index (χ1n) is 11.5. The maximum atomic E-state index is 13.1. The van der Waals surface area contributed by atoms with Crippen molar-refractivity contribution < 1.29 is 22.7 Å². The zero-order valence-electron chi connectivity index (χ0n) is 19.8. The normalized spacial score (nSPS) is 20.5. The van der Waals surface area contributed by atoms with E-state index in [1.54, 1.807) is 19.1 Å². The summed E-state index contributed by atoms with van der Waals surface area (Å²) in [7, 11) is -3.57. The summed E-state index contributed by atoms with van der Waals surface area (Å²) in [6, 6.07) is 6.30. The number of carbonyl (C=O) groups is 2. The van der Waals surface area contributed by atoms with Gasteiger partial charge in [0.2, 0.25) is 10.0 Å². The Morgan fingerprint density at radius 1 is 1.12 bits per heavy atom. The monoisotopic (exact) mass is 478 g/mol. The first kappa shape index (κ1) is 25.2. The van der Waals surface area contributed by atoms with Crippen molar-refractivity contribution >= 4 is 22.0 Å². The summed E-state index contributed by atoms with van der Waals surface area (Å²) in [5, 5.41) is 5.52. The van der Waals surface area contributed by atoms with Crippen molar-refractivity contribution in [1.82, 2.24) is 19.8 Å². The molecule has 0 aromatic heterocycles. The third-order valence-corrected chi connectivity index (χ3v) is 7.96. The highest BCUT2D eigenvalue weighted by Gasteiger charge is 2.34. The minimum atomic E-state index is -3.57. The van der Waals surface area contributed by atoms with Gasteiger partial charge in [-0.15, -0.1) is 0 Å². The molecule has 0 radical (unpaired) electrons. The number of esters is 1. The Bertz CT molecular complexity index is 996. The fraction of sp³-hybridized carbons (Fsp3) is 0.565. The molecule has 2 aliphatic rings. The number of nitrogens with one attached hydrogen (secondary N) is 2. The SMILES string of the molecule is CCOC(=O)C1=C(CN2CCN(S(=O)(=O)c3ccc(C(C)C)cc3)CC2)NC(=O)N[C@H]1CC. The second kappa shape index (κ2) is 10.7. The number of rotatable bonds is 8. The second-order valence-electron chi connectivity index (χ2n) is 8.58. The van der Waals surface area contributed by atoms with Gasteiger partial charge in [0.1, 0.15) is 0 Å². The molecule has 0 aliphatic carbocycles. The molecule has 2 amide bonds. The van der Waals surface area contributed by atoms with E-state index in [-0.39, 0.29) is 12.6 Å². The summed E-state index contributed by atoms with van der Waals surface area (Å²) in [4.78, 5) is 27.0. The van der Waals surface area contributed by atoms with Crippen molar-refractivity contribution in [3.63, 3.8) is 0 Å². The van der Waals surface area contributed by atoms with E-state index in [1.807, 2.05) is 24.0 Å². The van der Waals surface area contributed by atoms with Crippen molar-refractivity contribution in [2.75, 3.05) is 39.3 Å². The molecule has 182 valence electrons. The number of nitrogens with zero attached hydrogens (tertiary/aromatic N) is 2. The molecule has 0 spiro atoms. The molecule has 33 heavy (non-hydrogen) atoms. The van der Waals surface area contributed by atoms with Crippen LogP contribution in [0.3, 0.4) is 0 Å². The summed E-state index contributed by atoms with van der Waals surface area (Å²) < 4.78 is 32.8. The molecule has 9 nitrogen and oxygen atoms in total. The van der Waals surface area contributed by atoms with Crippen LogP contribution in [-0.4, -0.2) is 75.0 Å². The van der Waals surface area contributed by atoms with Gasteiger partial charge in [0.05, 0.1) is 23.1 Å². The molecule has 1 fully saturated rings. The number of amides is 2. The van der Waals surface area contributed by atoms with Gasteiger partial charge in [-0.05, 0) is 37.0 Å². The van der Waals surface area contributed by atoms with Crippen LogP contribution in [0.5, 0.6) is 0 Å². The lowest BCUT2D eigenvalue weighted by atomic mass is 10.00. The van der Waals surface area contributed by atoms with E-state index >= 15 is 0 Å². The average molecular weight is 479 g/mol. The molecule has 1 aromatic carbocycles. The first-order valence-corrected chi connectivity index (χ1v) is 12.9. The molecule has 1 aromatic rings. The van der Waals surface area contributed by atoms with Gasteiger partial charge >= 0.3 is 12.0 Å². The summed E-state index contributed by atoms with van der Waals surface area (Å²) in [6.07, 6.45) is 0.562. The van der Waals surface area contributed by atoms with Gasteiger partial charge in [0.25, 0.3) is 0 Å². The van der Waals surface area contributed by atoms with E-state index in [0.717, 1.165) is 5.56 Å². The zero-order chi connectivity index (χ0) is 24.2. The molecule has 0 unspecified atom stereocenters. The molecular weight excluding hydrogens is 444 g/mol. The van der Waals surface area contributed by atoms with Crippen molar-refractivity contribution in [2.45, 2.75) is 51.0 Å². The Morgan fingerprint density at radius 3 is 2.30 bits per heavy atom. The van der Waals surface area contributed by atoms with Gasteiger partial charge in [-0.25, -0.2) is 18.0 Å². The lowest BCUT2D eigenvalue weighted by Crippen LogP contribution is -2.54. The van der Waals surface area contributed by atoms with Crippen molar-refractivity contribution in [3.8, 4) is 0 Å². The third kappa shape index (κ3) is 5.74. The van der Waals surface area contributed by atoms with Crippen molar-refractivity contribution in [3.05, 3.63) is 41.1 Å². The number of hydrogen-bond acceptors (Lipinski definition) is 6. The van der Waals surface area contributed by atoms with E-state index < -0.39 is 22.0 Å². The van der Waals surface area contributed by atoms with Crippen LogP contribution < -0.4 is 10.6 Å². The van der Waals surface area contributed by atoms with E-state index in [2.05, 4.69) is 24.5 Å². The Balaban J connectivity index is 1.70. The lowest BCUT2D eigenvalue weighted by Gasteiger charge is -2.36. The van der Waals surface area contributed by atoms with Crippen LogP contribution in [-0.2, 0) is 19.6 Å². The van der Waals surface area contributed by atoms with Crippen LogP contribution in [0.15, 0.2) is 40.4 Å². The average Bonchev–Trinajstić information content (AvgIpc) is 2.79. The predicted molar refractivity (Wildman–Crippen MR) is 125 cm³/mol. The van der Waals surface area contributed by atoms with Gasteiger partial charge in [0, 0.05) is 38.4 Å². The number of sulfonamides is 1. The molecule has 2 aliphatic heterocycles. The van der Waals surface area contributed by atoms with Crippen LogP contribution >= 0.6 is 0 Å². The Kier molecular flexibility index (Phi) is 8.14. The van der Waals surface area contributed by atoms with E-state index in [0.29, 0.717) is 61.2 Å². The molecule has 10 heteroatoms. The molecule has 0 saturated carbocycles. The van der Waals surface area contributed by atoms with Gasteiger partial charge in [0.15, 0.2) is 0 Å². The number of hydrogen-bond donors (Lipinski definition) is 2. The lowest BCUT2D eigenvalue weighted by molar-refractivity contribution is -0.139. The number of piperazine rings is 1. The standard InChI is InChI=1S/C23H34N4O5S/c1-5-19-21(22(28)32-6-2)20(25-23(29)24-19)15-26-11-13-27(14-12-26)33(30,31)18-9-7-17(8-10-18)16(3)4/h7-10,16,19H,5-6,11-15H2,1-4H3,(H2,24,25,29)/t19-/m0/s1. The third-order valence-electron chi connectivity index (χ3n) is 6.04. The van der Waals surface area contributed by atoms with Crippen LogP contribution in [0.2, 0.25) is 0 Å². The van der Waals surface area contributed by atoms with Gasteiger partial charge in [-0.2, -0.15) is 4.31 Å². The largest absolute Gasteiger partial charge is 0.463 e. The van der Waals surface area contributed by atoms with E-state index in [9.17, 15) is 18.0 Å². The molecule has 2 N–H and O–H groups in total. The molecule has 3 rings (SSSR count). The van der Waals surface area contributed by atoms with E-state index in [4.69, 9.17) is 4.74 Å². The maximum absolute atomic E-state index is 13.1. The number of carbonyl (C=O) groups excluding carboxylic acids is 2. The summed E-state index contributed by atoms with van der Waals surface area (Å²) in [6.45, 7) is 10.0. The minimum Gasteiger partial charge on any atom is -0.463 e. The van der Waals surface area contributed by atoms with Gasteiger partial charge in [-0.3, -0.25) is 4.90 Å². The quantitative estimate of drug-likeness (QED) is 0.554. The highest BCUT2D eigenvalue weighted by molar-refractivity contribution is 7.89. The molecule has 1 saturated heterocycles. The van der Waals surface area contributed by atoms with Crippen molar-refractivity contribution in [2.24, 2.45) is 0 Å². The highest BCUT2D eigenvalue weighted by atomic mass is 32.2. The van der Waals surface area contributed by atoms with Crippen molar-refractivity contribution in [1.29, 1.82) is 0 Å². The Labute approximate surface area is 196 Å². The van der Waals surface area contributed by atoms with Crippen LogP contribution in [0.4, 0.5) is 4.79 Å². The first-order chi connectivity index (χ1) is 15.7. The minimum absolute atomic E-state index is 0.245. The Morgan fingerprint density at radius 2 is 1.76 bits per heavy atom. The highest BCUT2D eigenvalue weighted by Crippen LogP contribution is 2.22. The fourth-order valence-corrected chi connectivity index (χ4v) is 5.53. The number of ether oxygens (including phenoxy) is 1. The topological polar surface area (TPSA) is 108 Å². The summed E-state index contributed by atoms with van der Waals surface area (Å²) >= 11 is 0. The molecule has 2 heterocycles. The maximum Gasteiger partial charge on any atom is 0.337 e. The second-order valence-corrected chi connectivity index (χ2v) is 10.5. The molecular formula is C23H34N4O5S. The number of benzene rings is 1. The van der Waals surface area contributed by atoms with Crippen LogP contribution in [0.25, 0.3) is 0 Å². The Hall–Kier alpha value is -2.43. The zero-order valence-corrected chi connectivity index (χ0v) is 20.6. The number of urea groups is 1. The molecule has 0 bridgehead atoms. The smallest absolute Gasteiger partial charge is 0.337 e. The van der Waals surface area contributed by atoms with Crippen LogP contribution in [0, 0.1) is 0 Å². The summed E-state index contributed by atoms with van der Waals surface area (Å²) in [5.74, 6) is -0.111. The van der Waals surface area contributed by atoms with Crippen LogP contribution in [0.1, 0.15) is 45.6 Å².